The molecule has 8 nitrogen and oxygen atoms in total. The van der Waals surface area contributed by atoms with E-state index >= 15 is 0 Å². The number of carbonyl (C=O) groups is 1. The molecule has 0 atom stereocenters. The number of nitrogens with zero attached hydrogens (tertiary/aromatic N) is 3. The fourth-order valence-electron chi connectivity index (χ4n) is 0.480. The summed E-state index contributed by atoms with van der Waals surface area (Å²) >= 11 is 0. The first kappa shape index (κ1) is 8.40. The Morgan fingerprint density at radius 2 is 2.58 bits per heavy atom. The number of carbonyl (C=O) groups excluding carboxylic acids is 1. The van der Waals surface area contributed by atoms with Crippen molar-refractivity contribution in [2.75, 3.05) is 11.9 Å². The molecule has 1 aromatic heterocycles. The van der Waals surface area contributed by atoms with Gasteiger partial charge in [-0.05, 0) is 12.1 Å². The van der Waals surface area contributed by atoms with Gasteiger partial charge in [0.15, 0.2) is 0 Å². The van der Waals surface area contributed by atoms with Crippen molar-refractivity contribution in [3.63, 3.8) is 0 Å². The molecular formula is C4H8N6O2. The first-order chi connectivity index (χ1) is 5.83. The number of urea groups is 1. The summed E-state index contributed by atoms with van der Waals surface area (Å²) in [6.07, 6.45) is 0. The molecule has 0 saturated heterocycles. The van der Waals surface area contributed by atoms with Crippen LogP contribution in [0.25, 0.3) is 0 Å². The Morgan fingerprint density at radius 3 is 3.17 bits per heavy atom. The van der Waals surface area contributed by atoms with E-state index in [1.165, 1.54) is 0 Å². The lowest BCUT2D eigenvalue weighted by molar-refractivity contribution is 0.0758. The van der Waals surface area contributed by atoms with Crippen molar-refractivity contribution in [3.8, 4) is 0 Å². The van der Waals surface area contributed by atoms with Crippen LogP contribution in [0.2, 0.25) is 0 Å². The Bertz CT molecular complexity index is 234. The summed E-state index contributed by atoms with van der Waals surface area (Å²) < 4.78 is 0. The van der Waals surface area contributed by atoms with Crippen LogP contribution in [0.4, 0.5) is 10.7 Å². The second kappa shape index (κ2) is 4.23. The van der Waals surface area contributed by atoms with Crippen molar-refractivity contribution >= 4 is 12.0 Å². The lowest BCUT2D eigenvalue weighted by Gasteiger charge is -2.01. The smallest absolute Gasteiger partial charge is 0.272 e. The Kier molecular flexibility index (Phi) is 2.96. The zero-order valence-corrected chi connectivity index (χ0v) is 6.37. The highest BCUT2D eigenvalue weighted by Crippen LogP contribution is 1.88. The minimum Gasteiger partial charge on any atom is -0.272 e. The van der Waals surface area contributed by atoms with E-state index in [1.54, 1.807) is 6.92 Å². The van der Waals surface area contributed by atoms with Crippen LogP contribution in [0.5, 0.6) is 0 Å². The van der Waals surface area contributed by atoms with Crippen molar-refractivity contribution in [2.24, 2.45) is 0 Å². The molecule has 1 heterocycles. The van der Waals surface area contributed by atoms with Crippen molar-refractivity contribution in [1.29, 1.82) is 0 Å². The highest BCUT2D eigenvalue weighted by molar-refractivity contribution is 5.86. The first-order valence-electron chi connectivity index (χ1n) is 3.25. The number of hydrogen-bond donors (Lipinski definition) is 3. The fraction of sp³-hybridized carbons (Fsp3) is 0.500. The molecule has 0 radical (unpaired) electrons. The Labute approximate surface area is 67.6 Å². The maximum atomic E-state index is 10.8. The highest BCUT2D eigenvalue weighted by Gasteiger charge is 2.02. The van der Waals surface area contributed by atoms with E-state index in [0.717, 1.165) is 0 Å². The molecule has 0 aliphatic heterocycles. The minimum absolute atomic E-state index is 0.0900. The van der Waals surface area contributed by atoms with Crippen molar-refractivity contribution in [3.05, 3.63) is 0 Å². The molecular weight excluding hydrogens is 164 g/mol. The van der Waals surface area contributed by atoms with E-state index in [2.05, 4.69) is 36.3 Å². The average molecular weight is 172 g/mol. The summed E-state index contributed by atoms with van der Waals surface area (Å²) in [5.41, 5.74) is 2.10. The lowest BCUT2D eigenvalue weighted by Crippen LogP contribution is -2.29. The van der Waals surface area contributed by atoms with E-state index < -0.39 is 6.03 Å². The van der Waals surface area contributed by atoms with Crippen LogP contribution in [-0.2, 0) is 4.84 Å². The monoisotopic (exact) mass is 172 g/mol. The molecule has 2 amide bonds. The standard InChI is InChI=1S/C4H8N6O2/c1-2-12-8-4(11)5-3-6-9-10-7-3/h2H2,1H3,(H3,5,6,7,8,9,10,11). The third-order valence-electron chi connectivity index (χ3n) is 0.880. The van der Waals surface area contributed by atoms with E-state index in [1.807, 2.05) is 0 Å². The van der Waals surface area contributed by atoms with E-state index in [-0.39, 0.29) is 5.95 Å². The molecule has 0 saturated carbocycles. The second-order valence-corrected chi connectivity index (χ2v) is 1.72. The molecule has 1 rings (SSSR count). The summed E-state index contributed by atoms with van der Waals surface area (Å²) in [5.74, 6) is 0.0900. The number of hydroxylamine groups is 1. The Morgan fingerprint density at radius 1 is 1.75 bits per heavy atom. The zero-order valence-electron chi connectivity index (χ0n) is 6.37. The number of aromatic nitrogens is 4. The van der Waals surface area contributed by atoms with Gasteiger partial charge >= 0.3 is 6.03 Å². The first-order valence-corrected chi connectivity index (χ1v) is 3.25. The molecule has 0 spiro atoms. The number of nitrogens with one attached hydrogen (secondary N) is 3. The fourth-order valence-corrected chi connectivity index (χ4v) is 0.480. The molecule has 66 valence electrons. The average Bonchev–Trinajstić information content (AvgIpc) is 2.53. The van der Waals surface area contributed by atoms with Gasteiger partial charge in [-0.2, -0.15) is 5.21 Å². The van der Waals surface area contributed by atoms with Gasteiger partial charge in [-0.3, -0.25) is 10.2 Å². The van der Waals surface area contributed by atoms with Gasteiger partial charge in [-0.1, -0.05) is 5.10 Å². The summed E-state index contributed by atoms with van der Waals surface area (Å²) in [5, 5.41) is 14.7. The molecule has 0 aliphatic carbocycles. The molecule has 3 N–H and O–H groups in total. The molecule has 0 aliphatic rings. The molecule has 0 unspecified atom stereocenters. The predicted octanol–water partition coefficient (Wildman–Crippen LogP) is -0.727. The third-order valence-corrected chi connectivity index (χ3v) is 0.880. The van der Waals surface area contributed by atoms with Crippen LogP contribution in [0.1, 0.15) is 6.92 Å². The van der Waals surface area contributed by atoms with Gasteiger partial charge in [0, 0.05) is 0 Å². The van der Waals surface area contributed by atoms with E-state index in [4.69, 9.17) is 0 Å². The zero-order chi connectivity index (χ0) is 8.81. The van der Waals surface area contributed by atoms with Crippen LogP contribution in [0, 0.1) is 0 Å². The maximum Gasteiger partial charge on any atom is 0.345 e. The number of amides is 2. The van der Waals surface area contributed by atoms with Crippen LogP contribution in [0.3, 0.4) is 0 Å². The number of H-pyrrole nitrogens is 1. The SMILES string of the molecule is CCONC(=O)Nc1nn[nH]n1. The third kappa shape index (κ3) is 2.50. The van der Waals surface area contributed by atoms with Crippen molar-refractivity contribution in [2.45, 2.75) is 6.92 Å². The molecule has 8 heteroatoms. The summed E-state index contributed by atoms with van der Waals surface area (Å²) in [7, 11) is 0. The Balaban J connectivity index is 2.27. The van der Waals surface area contributed by atoms with Gasteiger partial charge in [0.25, 0.3) is 5.95 Å². The number of hydrogen-bond acceptors (Lipinski definition) is 5. The number of anilines is 1. The van der Waals surface area contributed by atoms with Gasteiger partial charge < -0.3 is 0 Å². The van der Waals surface area contributed by atoms with Gasteiger partial charge in [0.05, 0.1) is 6.61 Å². The van der Waals surface area contributed by atoms with Crippen molar-refractivity contribution < 1.29 is 9.63 Å². The summed E-state index contributed by atoms with van der Waals surface area (Å²) in [4.78, 5) is 15.4. The van der Waals surface area contributed by atoms with Gasteiger partial charge in [-0.15, -0.1) is 5.10 Å². The summed E-state index contributed by atoms with van der Waals surface area (Å²) in [6.45, 7) is 2.13. The number of tetrazole rings is 1. The number of rotatable bonds is 3. The minimum atomic E-state index is -0.543. The number of aromatic amines is 1. The molecule has 12 heavy (non-hydrogen) atoms. The second-order valence-electron chi connectivity index (χ2n) is 1.72. The predicted molar refractivity (Wildman–Crippen MR) is 38.0 cm³/mol. The van der Waals surface area contributed by atoms with Gasteiger partial charge in [-0.25, -0.2) is 10.3 Å². The van der Waals surface area contributed by atoms with Crippen LogP contribution in [0.15, 0.2) is 0 Å². The highest BCUT2D eigenvalue weighted by atomic mass is 16.7. The largest absolute Gasteiger partial charge is 0.345 e. The van der Waals surface area contributed by atoms with Gasteiger partial charge in [0.1, 0.15) is 0 Å². The molecule has 0 bridgehead atoms. The van der Waals surface area contributed by atoms with Crippen LogP contribution >= 0.6 is 0 Å². The Hall–Kier alpha value is -1.70. The van der Waals surface area contributed by atoms with Gasteiger partial charge in [0.2, 0.25) is 0 Å². The summed E-state index contributed by atoms with van der Waals surface area (Å²) in [6, 6.07) is -0.543. The van der Waals surface area contributed by atoms with E-state index in [9.17, 15) is 4.79 Å². The van der Waals surface area contributed by atoms with Crippen LogP contribution < -0.4 is 10.8 Å². The quantitative estimate of drug-likeness (QED) is 0.521. The molecule has 0 aromatic carbocycles. The molecule has 0 fully saturated rings. The van der Waals surface area contributed by atoms with Crippen LogP contribution in [-0.4, -0.2) is 33.3 Å². The maximum absolute atomic E-state index is 10.8. The lowest BCUT2D eigenvalue weighted by atomic mass is 10.9. The van der Waals surface area contributed by atoms with E-state index in [0.29, 0.717) is 6.61 Å². The molecule has 1 aromatic rings. The normalized spacial score (nSPS) is 9.42. The topological polar surface area (TPSA) is 105 Å². The van der Waals surface area contributed by atoms with Crippen molar-refractivity contribution in [1.82, 2.24) is 26.1 Å².